The lowest BCUT2D eigenvalue weighted by Gasteiger charge is -2.49. The Labute approximate surface area is 192 Å². The molecule has 1 fully saturated rings. The van der Waals surface area contributed by atoms with Crippen molar-refractivity contribution in [2.45, 2.75) is 28.6 Å². The summed E-state index contributed by atoms with van der Waals surface area (Å²) in [7, 11) is 0. The van der Waals surface area contributed by atoms with Crippen LogP contribution in [-0.2, 0) is 26.7 Å². The van der Waals surface area contributed by atoms with E-state index in [1.54, 1.807) is 18.5 Å². The van der Waals surface area contributed by atoms with E-state index in [9.17, 15) is 19.5 Å². The minimum atomic E-state index is -1.17. The van der Waals surface area contributed by atoms with Crippen molar-refractivity contribution in [2.24, 2.45) is 0 Å². The molecule has 1 saturated heterocycles. The van der Waals surface area contributed by atoms with Gasteiger partial charge < -0.3 is 10.4 Å². The third kappa shape index (κ3) is 4.44. The summed E-state index contributed by atoms with van der Waals surface area (Å²) in [5.74, 6) is -1.19. The largest absolute Gasteiger partial charge is 0.477 e. The molecule has 3 heterocycles. The summed E-state index contributed by atoms with van der Waals surface area (Å²) in [4.78, 5) is 43.9. The molecule has 0 saturated carbocycles. The summed E-state index contributed by atoms with van der Waals surface area (Å²) >= 11 is 8.68. The molecule has 10 heteroatoms. The third-order valence-electron chi connectivity index (χ3n) is 4.90. The Bertz CT molecular complexity index is 1060. The number of alkyl halides is 1. The number of hydrogen-bond acceptors (Lipinski definition) is 6. The van der Waals surface area contributed by atoms with Crippen molar-refractivity contribution >= 4 is 52.9 Å². The molecular weight excluding hydrogens is 458 g/mol. The van der Waals surface area contributed by atoms with Gasteiger partial charge in [-0.3, -0.25) is 19.5 Å². The monoisotopic (exact) mass is 475 g/mol. The van der Waals surface area contributed by atoms with Gasteiger partial charge in [0.2, 0.25) is 5.91 Å². The van der Waals surface area contributed by atoms with Crippen LogP contribution >= 0.6 is 35.1 Å². The number of amides is 2. The van der Waals surface area contributed by atoms with Crippen LogP contribution in [0.25, 0.3) is 0 Å². The van der Waals surface area contributed by atoms with E-state index in [0.717, 1.165) is 16.0 Å². The number of carboxylic acid groups (broad SMARTS) is 1. The maximum Gasteiger partial charge on any atom is 0.353 e. The Hall–Kier alpha value is -2.49. The minimum Gasteiger partial charge on any atom is -0.477 e. The summed E-state index contributed by atoms with van der Waals surface area (Å²) in [6.45, 7) is 0. The molecule has 2 N–H and O–H groups in total. The number of fused-ring (bicyclic) bond motifs is 1. The maximum atomic E-state index is 12.8. The zero-order valence-electron chi connectivity index (χ0n) is 16.2. The number of β-lactam (4-membered cyclic amide) rings is 1. The van der Waals surface area contributed by atoms with E-state index in [1.165, 1.54) is 28.4 Å². The molecule has 1 aromatic heterocycles. The first kappa shape index (κ1) is 21.7. The second-order valence-corrected chi connectivity index (χ2v) is 9.42. The summed E-state index contributed by atoms with van der Waals surface area (Å²) in [6, 6.07) is 10.3. The summed E-state index contributed by atoms with van der Waals surface area (Å²) < 4.78 is 0. The number of nitrogens with zero attached hydrogens (tertiary/aromatic N) is 2. The van der Waals surface area contributed by atoms with Crippen LogP contribution in [0.3, 0.4) is 0 Å². The molecule has 160 valence electrons. The van der Waals surface area contributed by atoms with Gasteiger partial charge in [0.1, 0.15) is 17.1 Å². The van der Waals surface area contributed by atoms with E-state index in [2.05, 4.69) is 10.3 Å². The highest BCUT2D eigenvalue weighted by molar-refractivity contribution is 8.06. The molecule has 2 amide bonds. The van der Waals surface area contributed by atoms with Gasteiger partial charge >= 0.3 is 5.97 Å². The van der Waals surface area contributed by atoms with Gasteiger partial charge in [-0.05, 0) is 17.2 Å². The van der Waals surface area contributed by atoms with Crippen LogP contribution in [0.4, 0.5) is 0 Å². The second kappa shape index (κ2) is 9.33. The number of carbonyl (C=O) groups excluding carboxylic acids is 2. The van der Waals surface area contributed by atoms with Crippen LogP contribution in [0.2, 0.25) is 0 Å². The first-order chi connectivity index (χ1) is 15.0. The molecule has 2 atom stereocenters. The Morgan fingerprint density at radius 2 is 2.06 bits per heavy atom. The maximum absolute atomic E-state index is 12.8. The number of pyridine rings is 1. The number of aliphatic carboxylic acids is 1. The standard InChI is InChI=1S/C21H18ClN3O4S2/c22-9-13-10-23-7-6-14(13)31-15-11-30-20-17(19(27)25(20)18(15)21(28)29)24-16(26)8-12-4-2-1-3-5-12/h1-7,10,17,20H,8-9,11H2,(H,24,26)(H,28,29)/t17-,20+/m1/s1. The predicted octanol–water partition coefficient (Wildman–Crippen LogP) is 2.85. The van der Waals surface area contributed by atoms with Crippen molar-refractivity contribution in [2.75, 3.05) is 5.75 Å². The highest BCUT2D eigenvalue weighted by Crippen LogP contribution is 2.45. The van der Waals surface area contributed by atoms with Gasteiger partial charge in [0.25, 0.3) is 5.91 Å². The average Bonchev–Trinajstić information content (AvgIpc) is 2.78. The van der Waals surface area contributed by atoms with Gasteiger partial charge in [-0.1, -0.05) is 42.1 Å². The zero-order chi connectivity index (χ0) is 22.0. The Kier molecular flexibility index (Phi) is 6.54. The molecule has 1 aromatic carbocycles. The van der Waals surface area contributed by atoms with Gasteiger partial charge in [-0.2, -0.15) is 0 Å². The first-order valence-electron chi connectivity index (χ1n) is 9.40. The molecule has 31 heavy (non-hydrogen) atoms. The highest BCUT2D eigenvalue weighted by Gasteiger charge is 2.54. The molecule has 0 unspecified atom stereocenters. The van der Waals surface area contributed by atoms with E-state index >= 15 is 0 Å². The van der Waals surface area contributed by atoms with Crippen molar-refractivity contribution in [1.82, 2.24) is 15.2 Å². The topological polar surface area (TPSA) is 99.6 Å². The normalized spacial score (nSPS) is 20.2. The van der Waals surface area contributed by atoms with Crippen LogP contribution < -0.4 is 5.32 Å². The zero-order valence-corrected chi connectivity index (χ0v) is 18.5. The second-order valence-electron chi connectivity index (χ2n) is 6.91. The number of aromatic nitrogens is 1. The third-order valence-corrected chi connectivity index (χ3v) is 7.85. The van der Waals surface area contributed by atoms with Crippen LogP contribution in [0.5, 0.6) is 0 Å². The molecule has 2 aliphatic heterocycles. The van der Waals surface area contributed by atoms with E-state index in [-0.39, 0.29) is 23.9 Å². The molecule has 2 aliphatic rings. The lowest BCUT2D eigenvalue weighted by atomic mass is 10.0. The molecule has 4 rings (SSSR count). The first-order valence-corrected chi connectivity index (χ1v) is 11.8. The summed E-state index contributed by atoms with van der Waals surface area (Å²) in [6.07, 6.45) is 3.42. The fraction of sp³-hybridized carbons (Fsp3) is 0.238. The smallest absolute Gasteiger partial charge is 0.353 e. The fourth-order valence-corrected chi connectivity index (χ4v) is 6.28. The van der Waals surface area contributed by atoms with E-state index < -0.39 is 23.3 Å². The van der Waals surface area contributed by atoms with Crippen LogP contribution in [0, 0.1) is 0 Å². The lowest BCUT2D eigenvalue weighted by Crippen LogP contribution is -2.70. The van der Waals surface area contributed by atoms with E-state index in [4.69, 9.17) is 11.6 Å². The van der Waals surface area contributed by atoms with Crippen molar-refractivity contribution in [1.29, 1.82) is 0 Å². The van der Waals surface area contributed by atoms with Crippen LogP contribution in [0.15, 0.2) is 64.3 Å². The average molecular weight is 476 g/mol. The number of thioether (sulfide) groups is 2. The van der Waals surface area contributed by atoms with Gasteiger partial charge in [0.15, 0.2) is 0 Å². The molecule has 0 radical (unpaired) electrons. The predicted molar refractivity (Wildman–Crippen MR) is 119 cm³/mol. The van der Waals surface area contributed by atoms with Gasteiger partial charge in [0, 0.05) is 27.9 Å². The van der Waals surface area contributed by atoms with Crippen molar-refractivity contribution < 1.29 is 19.5 Å². The number of carbonyl (C=O) groups is 3. The SMILES string of the molecule is O=C(Cc1ccccc1)N[C@@H]1C(=O)N2C(C(=O)O)=C(Sc3ccncc3CCl)CS[C@@H]12. The fourth-order valence-electron chi connectivity index (χ4n) is 3.42. The van der Waals surface area contributed by atoms with E-state index in [1.807, 2.05) is 30.3 Å². The summed E-state index contributed by atoms with van der Waals surface area (Å²) in [5.41, 5.74) is 1.60. The van der Waals surface area contributed by atoms with Crippen molar-refractivity contribution in [3.8, 4) is 0 Å². The Morgan fingerprint density at radius 1 is 1.29 bits per heavy atom. The number of rotatable bonds is 7. The van der Waals surface area contributed by atoms with Crippen molar-refractivity contribution in [3.05, 3.63) is 70.5 Å². The van der Waals surface area contributed by atoms with E-state index in [0.29, 0.717) is 10.7 Å². The van der Waals surface area contributed by atoms with Crippen molar-refractivity contribution in [3.63, 3.8) is 0 Å². The number of nitrogens with one attached hydrogen (secondary N) is 1. The minimum absolute atomic E-state index is 0.0374. The van der Waals surface area contributed by atoms with Gasteiger partial charge in [0.05, 0.1) is 12.3 Å². The lowest BCUT2D eigenvalue weighted by molar-refractivity contribution is -0.150. The molecule has 0 spiro atoms. The molecular formula is C21H18ClN3O4S2. The highest BCUT2D eigenvalue weighted by atomic mass is 35.5. The quantitative estimate of drug-likeness (QED) is 0.469. The molecule has 0 bridgehead atoms. The Morgan fingerprint density at radius 3 is 2.77 bits per heavy atom. The Balaban J connectivity index is 1.50. The number of benzene rings is 1. The molecule has 0 aliphatic carbocycles. The van der Waals surface area contributed by atoms with Gasteiger partial charge in [-0.25, -0.2) is 4.79 Å². The molecule has 2 aromatic rings. The molecule has 7 nitrogen and oxygen atoms in total. The number of halogens is 1. The number of carboxylic acids is 1. The van der Waals surface area contributed by atoms with Crippen LogP contribution in [0.1, 0.15) is 11.1 Å². The van der Waals surface area contributed by atoms with Crippen LogP contribution in [-0.4, -0.2) is 49.9 Å². The number of hydrogen-bond donors (Lipinski definition) is 2. The van der Waals surface area contributed by atoms with Gasteiger partial charge in [-0.15, -0.1) is 23.4 Å². The summed E-state index contributed by atoms with van der Waals surface area (Å²) in [5, 5.41) is 12.1.